The number of hydrogen-bond acceptors (Lipinski definition) is 3. The van der Waals surface area contributed by atoms with Crippen LogP contribution in [0.2, 0.25) is 0 Å². The third-order valence-electron chi connectivity index (χ3n) is 2.32. The largest absolute Gasteiger partial charge is 0.491 e. The number of nitrogens with two attached hydrogens (primary N) is 1. The van der Waals surface area contributed by atoms with Gasteiger partial charge in [0.2, 0.25) is 0 Å². The second-order valence-corrected chi connectivity index (χ2v) is 3.60. The maximum atomic E-state index is 12.9. The van der Waals surface area contributed by atoms with E-state index in [2.05, 4.69) is 4.98 Å². The molecule has 2 rings (SSSR count). The number of halogens is 1. The molecule has 0 bridgehead atoms. The number of benzene rings is 1. The summed E-state index contributed by atoms with van der Waals surface area (Å²) < 4.78 is 18.4. The quantitative estimate of drug-likeness (QED) is 0.823. The van der Waals surface area contributed by atoms with Gasteiger partial charge in [-0.25, -0.2) is 4.39 Å². The molecule has 1 aromatic heterocycles. The van der Waals surface area contributed by atoms with Crippen molar-refractivity contribution < 1.29 is 9.13 Å². The Kier molecular flexibility index (Phi) is 3.55. The van der Waals surface area contributed by atoms with Gasteiger partial charge in [0, 0.05) is 24.4 Å². The van der Waals surface area contributed by atoms with Gasteiger partial charge >= 0.3 is 0 Å². The number of nitrogens with zero attached hydrogens (tertiary/aromatic N) is 1. The van der Waals surface area contributed by atoms with Crippen LogP contribution in [-0.2, 0) is 6.42 Å². The van der Waals surface area contributed by atoms with E-state index in [4.69, 9.17) is 10.5 Å². The first kappa shape index (κ1) is 11.4. The summed E-state index contributed by atoms with van der Waals surface area (Å²) >= 11 is 0. The molecular weight excluding hydrogens is 219 g/mol. The van der Waals surface area contributed by atoms with Gasteiger partial charge in [-0.2, -0.15) is 0 Å². The molecule has 0 saturated heterocycles. The van der Waals surface area contributed by atoms with E-state index in [0.717, 1.165) is 5.69 Å². The van der Waals surface area contributed by atoms with Gasteiger partial charge in [0.1, 0.15) is 11.6 Å². The van der Waals surface area contributed by atoms with Crippen molar-refractivity contribution in [3.05, 3.63) is 54.1 Å². The summed E-state index contributed by atoms with van der Waals surface area (Å²) in [6.45, 7) is 0.421. The van der Waals surface area contributed by atoms with Crippen molar-refractivity contribution in [2.75, 3.05) is 12.3 Å². The number of nitrogen functional groups attached to an aromatic ring is 1. The maximum absolute atomic E-state index is 12.9. The van der Waals surface area contributed by atoms with Gasteiger partial charge in [-0.05, 0) is 24.3 Å². The Morgan fingerprint density at radius 3 is 2.88 bits per heavy atom. The summed E-state index contributed by atoms with van der Waals surface area (Å²) in [5.41, 5.74) is 7.03. The van der Waals surface area contributed by atoms with Crippen LogP contribution in [0, 0.1) is 5.82 Å². The minimum atomic E-state index is -0.355. The Morgan fingerprint density at radius 2 is 2.12 bits per heavy atom. The van der Waals surface area contributed by atoms with E-state index in [0.29, 0.717) is 24.5 Å². The summed E-state index contributed by atoms with van der Waals surface area (Å²) in [6.07, 6.45) is 2.39. The van der Waals surface area contributed by atoms with Crippen molar-refractivity contribution >= 4 is 5.69 Å². The fraction of sp³-hybridized carbons (Fsp3) is 0.154. The van der Waals surface area contributed by atoms with Crippen LogP contribution in [0.4, 0.5) is 10.1 Å². The van der Waals surface area contributed by atoms with Crippen molar-refractivity contribution in [1.82, 2.24) is 4.98 Å². The highest BCUT2D eigenvalue weighted by Gasteiger charge is 2.02. The highest BCUT2D eigenvalue weighted by Crippen LogP contribution is 2.21. The molecule has 0 radical (unpaired) electrons. The summed E-state index contributed by atoms with van der Waals surface area (Å²) in [5, 5.41) is 0. The molecule has 2 aromatic rings. The molecule has 4 heteroatoms. The fourth-order valence-electron chi connectivity index (χ4n) is 1.44. The van der Waals surface area contributed by atoms with Crippen molar-refractivity contribution in [3.63, 3.8) is 0 Å². The average Bonchev–Trinajstić information content (AvgIpc) is 2.35. The van der Waals surface area contributed by atoms with Gasteiger partial charge in [-0.3, -0.25) is 4.98 Å². The third kappa shape index (κ3) is 3.17. The first-order valence-corrected chi connectivity index (χ1v) is 5.33. The van der Waals surface area contributed by atoms with Crippen molar-refractivity contribution in [2.24, 2.45) is 0 Å². The number of pyridine rings is 1. The molecule has 0 aliphatic rings. The lowest BCUT2D eigenvalue weighted by Gasteiger charge is -2.08. The molecule has 88 valence electrons. The molecule has 2 N–H and O–H groups in total. The van der Waals surface area contributed by atoms with Gasteiger partial charge in [0.25, 0.3) is 0 Å². The standard InChI is InChI=1S/C13H13FN2O/c14-10-4-5-12(15)13(9-10)17-8-6-11-3-1-2-7-16-11/h1-5,7,9H,6,8,15H2. The lowest BCUT2D eigenvalue weighted by Crippen LogP contribution is -2.04. The monoisotopic (exact) mass is 232 g/mol. The molecule has 0 spiro atoms. The molecule has 3 nitrogen and oxygen atoms in total. The highest BCUT2D eigenvalue weighted by molar-refractivity contribution is 5.52. The number of aromatic nitrogens is 1. The molecule has 1 aromatic carbocycles. The molecule has 0 fully saturated rings. The van der Waals surface area contributed by atoms with Crippen LogP contribution in [-0.4, -0.2) is 11.6 Å². The van der Waals surface area contributed by atoms with Crippen molar-refractivity contribution in [3.8, 4) is 5.75 Å². The summed E-state index contributed by atoms with van der Waals surface area (Å²) in [4.78, 5) is 4.16. The van der Waals surface area contributed by atoms with Crippen LogP contribution >= 0.6 is 0 Å². The lowest BCUT2D eigenvalue weighted by molar-refractivity contribution is 0.320. The Balaban J connectivity index is 1.92. The normalized spacial score (nSPS) is 10.2. The van der Waals surface area contributed by atoms with E-state index in [-0.39, 0.29) is 5.82 Å². The Labute approximate surface area is 99.1 Å². The van der Waals surface area contributed by atoms with E-state index >= 15 is 0 Å². The van der Waals surface area contributed by atoms with Gasteiger partial charge < -0.3 is 10.5 Å². The predicted octanol–water partition coefficient (Wildman–Crippen LogP) is 2.42. The minimum Gasteiger partial charge on any atom is -0.491 e. The molecule has 0 unspecified atom stereocenters. The Morgan fingerprint density at radius 1 is 1.24 bits per heavy atom. The zero-order valence-electron chi connectivity index (χ0n) is 9.27. The number of hydrogen-bond donors (Lipinski definition) is 1. The average molecular weight is 232 g/mol. The smallest absolute Gasteiger partial charge is 0.145 e. The van der Waals surface area contributed by atoms with Gasteiger partial charge in [-0.15, -0.1) is 0 Å². The van der Waals surface area contributed by atoms with Crippen molar-refractivity contribution in [1.29, 1.82) is 0 Å². The topological polar surface area (TPSA) is 48.1 Å². The molecular formula is C13H13FN2O. The first-order chi connectivity index (χ1) is 8.25. The van der Waals surface area contributed by atoms with E-state index in [9.17, 15) is 4.39 Å². The van der Waals surface area contributed by atoms with Gasteiger partial charge in [-0.1, -0.05) is 6.07 Å². The Hall–Kier alpha value is -2.10. The van der Waals surface area contributed by atoms with Crippen LogP contribution in [0.5, 0.6) is 5.75 Å². The van der Waals surface area contributed by atoms with Crippen LogP contribution in [0.15, 0.2) is 42.6 Å². The maximum Gasteiger partial charge on any atom is 0.145 e. The molecule has 0 saturated carbocycles. The van der Waals surface area contributed by atoms with E-state index in [1.54, 1.807) is 6.20 Å². The van der Waals surface area contributed by atoms with Gasteiger partial charge in [0.05, 0.1) is 12.3 Å². The lowest BCUT2D eigenvalue weighted by atomic mass is 10.2. The predicted molar refractivity (Wildman–Crippen MR) is 64.2 cm³/mol. The first-order valence-electron chi connectivity index (χ1n) is 5.33. The number of ether oxygens (including phenoxy) is 1. The molecule has 17 heavy (non-hydrogen) atoms. The van der Waals surface area contributed by atoms with Crippen LogP contribution in [0.25, 0.3) is 0 Å². The SMILES string of the molecule is Nc1ccc(F)cc1OCCc1ccccn1. The second-order valence-electron chi connectivity index (χ2n) is 3.60. The van der Waals surface area contributed by atoms with Crippen molar-refractivity contribution in [2.45, 2.75) is 6.42 Å². The Bertz CT molecular complexity index is 488. The highest BCUT2D eigenvalue weighted by atomic mass is 19.1. The molecule has 0 atom stereocenters. The molecule has 0 aliphatic heterocycles. The second kappa shape index (κ2) is 5.30. The number of rotatable bonds is 4. The molecule has 0 amide bonds. The van der Waals surface area contributed by atoms with Crippen LogP contribution in [0.1, 0.15) is 5.69 Å². The van der Waals surface area contributed by atoms with Gasteiger partial charge in [0.15, 0.2) is 0 Å². The number of anilines is 1. The summed E-state index contributed by atoms with van der Waals surface area (Å²) in [5.74, 6) is 0.0213. The third-order valence-corrected chi connectivity index (χ3v) is 2.32. The fourth-order valence-corrected chi connectivity index (χ4v) is 1.44. The van der Waals surface area contributed by atoms with E-state index < -0.39 is 0 Å². The zero-order chi connectivity index (χ0) is 12.1. The molecule has 1 heterocycles. The van der Waals surface area contributed by atoms with E-state index in [1.165, 1.54) is 18.2 Å². The van der Waals surface area contributed by atoms with Crippen LogP contribution < -0.4 is 10.5 Å². The zero-order valence-corrected chi connectivity index (χ0v) is 9.27. The summed E-state index contributed by atoms with van der Waals surface area (Å²) in [7, 11) is 0. The summed E-state index contributed by atoms with van der Waals surface area (Å²) in [6, 6.07) is 9.77. The van der Waals surface area contributed by atoms with Crippen LogP contribution in [0.3, 0.4) is 0 Å². The minimum absolute atomic E-state index is 0.355. The van der Waals surface area contributed by atoms with E-state index in [1.807, 2.05) is 18.2 Å². The molecule has 0 aliphatic carbocycles.